The van der Waals surface area contributed by atoms with Gasteiger partial charge in [-0.3, -0.25) is 0 Å². The van der Waals surface area contributed by atoms with Crippen molar-refractivity contribution in [3.05, 3.63) is 53.6 Å². The highest BCUT2D eigenvalue weighted by molar-refractivity contribution is 5.73. The van der Waals surface area contributed by atoms with E-state index in [1.165, 1.54) is 11.1 Å². The Kier molecular flexibility index (Phi) is 4.23. The van der Waals surface area contributed by atoms with E-state index >= 15 is 0 Å². The van der Waals surface area contributed by atoms with Crippen molar-refractivity contribution in [2.75, 3.05) is 11.1 Å². The molecule has 0 aliphatic carbocycles. The molecule has 0 bridgehead atoms. The predicted octanol–water partition coefficient (Wildman–Crippen LogP) is 5.61. The van der Waals surface area contributed by atoms with Crippen LogP contribution in [0.1, 0.15) is 52.7 Å². The Morgan fingerprint density at radius 1 is 0.773 bits per heavy atom. The highest BCUT2D eigenvalue weighted by Crippen LogP contribution is 2.33. The van der Waals surface area contributed by atoms with Gasteiger partial charge in [0.1, 0.15) is 0 Å². The second-order valence-corrected chi connectivity index (χ2v) is 8.01. The first-order chi connectivity index (χ1) is 10.1. The SMILES string of the molecule is CC(C)(C)c1cc(Nc2ccccc2N)cc(C(C)(C)C)c1. The molecule has 0 saturated heterocycles. The van der Waals surface area contributed by atoms with Crippen molar-refractivity contribution in [2.24, 2.45) is 0 Å². The van der Waals surface area contributed by atoms with Crippen molar-refractivity contribution in [1.29, 1.82) is 0 Å². The molecule has 0 fully saturated rings. The van der Waals surface area contributed by atoms with Crippen LogP contribution in [0, 0.1) is 0 Å². The molecule has 0 saturated carbocycles. The van der Waals surface area contributed by atoms with Crippen molar-refractivity contribution in [3.8, 4) is 0 Å². The first kappa shape index (κ1) is 16.4. The van der Waals surface area contributed by atoms with Crippen molar-refractivity contribution in [3.63, 3.8) is 0 Å². The lowest BCUT2D eigenvalue weighted by molar-refractivity contribution is 0.569. The molecular formula is C20H28N2. The first-order valence-corrected chi connectivity index (χ1v) is 7.85. The minimum absolute atomic E-state index is 0.111. The van der Waals surface area contributed by atoms with Gasteiger partial charge in [-0.2, -0.15) is 0 Å². The molecule has 2 aromatic carbocycles. The number of nitrogens with one attached hydrogen (secondary N) is 1. The summed E-state index contributed by atoms with van der Waals surface area (Å²) in [5.74, 6) is 0. The zero-order valence-electron chi connectivity index (χ0n) is 14.6. The summed E-state index contributed by atoms with van der Waals surface area (Å²) in [7, 11) is 0. The van der Waals surface area contributed by atoms with E-state index in [9.17, 15) is 0 Å². The topological polar surface area (TPSA) is 38.0 Å². The molecule has 0 heterocycles. The number of hydrogen-bond donors (Lipinski definition) is 2. The van der Waals surface area contributed by atoms with Crippen molar-refractivity contribution in [2.45, 2.75) is 52.4 Å². The van der Waals surface area contributed by atoms with E-state index in [2.05, 4.69) is 65.1 Å². The summed E-state index contributed by atoms with van der Waals surface area (Å²) >= 11 is 0. The molecule has 0 amide bonds. The lowest BCUT2D eigenvalue weighted by Crippen LogP contribution is -2.16. The molecule has 0 aromatic heterocycles. The minimum Gasteiger partial charge on any atom is -0.397 e. The molecular weight excluding hydrogens is 268 g/mol. The molecule has 118 valence electrons. The fraction of sp³-hybridized carbons (Fsp3) is 0.400. The quantitative estimate of drug-likeness (QED) is 0.707. The van der Waals surface area contributed by atoms with Gasteiger partial charge in [0.15, 0.2) is 0 Å². The zero-order chi connectivity index (χ0) is 16.5. The molecule has 0 radical (unpaired) electrons. The largest absolute Gasteiger partial charge is 0.397 e. The fourth-order valence-corrected chi connectivity index (χ4v) is 2.33. The van der Waals surface area contributed by atoms with Gasteiger partial charge in [-0.15, -0.1) is 0 Å². The van der Waals surface area contributed by atoms with E-state index in [0.717, 1.165) is 17.1 Å². The van der Waals surface area contributed by atoms with Crippen LogP contribution in [0.2, 0.25) is 0 Å². The highest BCUT2D eigenvalue weighted by Gasteiger charge is 2.20. The van der Waals surface area contributed by atoms with Crippen LogP contribution in [0.25, 0.3) is 0 Å². The Labute approximate surface area is 134 Å². The summed E-state index contributed by atoms with van der Waals surface area (Å²) in [5, 5.41) is 3.47. The van der Waals surface area contributed by atoms with Crippen LogP contribution in [0.15, 0.2) is 42.5 Å². The van der Waals surface area contributed by atoms with Gasteiger partial charge < -0.3 is 11.1 Å². The number of benzene rings is 2. The number of para-hydroxylation sites is 2. The van der Waals surface area contributed by atoms with Gasteiger partial charge in [0, 0.05) is 5.69 Å². The summed E-state index contributed by atoms with van der Waals surface area (Å²) in [5.41, 5.74) is 11.7. The maximum atomic E-state index is 6.05. The van der Waals surface area contributed by atoms with Gasteiger partial charge in [-0.05, 0) is 46.2 Å². The summed E-state index contributed by atoms with van der Waals surface area (Å²) in [6.45, 7) is 13.5. The van der Waals surface area contributed by atoms with Crippen molar-refractivity contribution >= 4 is 17.1 Å². The second-order valence-electron chi connectivity index (χ2n) is 8.01. The summed E-state index contributed by atoms with van der Waals surface area (Å²) in [6, 6.07) is 14.6. The van der Waals surface area contributed by atoms with E-state index in [1.54, 1.807) is 0 Å². The minimum atomic E-state index is 0.111. The van der Waals surface area contributed by atoms with Crippen LogP contribution in [-0.2, 0) is 10.8 Å². The average Bonchev–Trinajstić information content (AvgIpc) is 2.39. The standard InChI is InChI=1S/C20H28N2/c1-19(2,3)14-11-15(20(4,5)6)13-16(12-14)22-18-10-8-7-9-17(18)21/h7-13,22H,21H2,1-6H3. The third kappa shape index (κ3) is 3.82. The molecule has 3 N–H and O–H groups in total. The van der Waals surface area contributed by atoms with Gasteiger partial charge in [-0.25, -0.2) is 0 Å². The van der Waals surface area contributed by atoms with Gasteiger partial charge in [0.05, 0.1) is 11.4 Å². The first-order valence-electron chi connectivity index (χ1n) is 7.85. The van der Waals surface area contributed by atoms with Crippen LogP contribution in [0.5, 0.6) is 0 Å². The summed E-state index contributed by atoms with van der Waals surface area (Å²) < 4.78 is 0. The third-order valence-electron chi connectivity index (χ3n) is 3.90. The van der Waals surface area contributed by atoms with E-state index in [-0.39, 0.29) is 10.8 Å². The Balaban J connectivity index is 2.49. The molecule has 2 rings (SSSR count). The Morgan fingerprint density at radius 2 is 1.27 bits per heavy atom. The number of hydrogen-bond acceptors (Lipinski definition) is 2. The Hall–Kier alpha value is -1.96. The lowest BCUT2D eigenvalue weighted by Gasteiger charge is -2.26. The molecule has 2 nitrogen and oxygen atoms in total. The maximum absolute atomic E-state index is 6.05. The molecule has 0 aliphatic rings. The van der Waals surface area contributed by atoms with E-state index in [0.29, 0.717) is 0 Å². The number of anilines is 3. The van der Waals surface area contributed by atoms with Crippen LogP contribution < -0.4 is 11.1 Å². The van der Waals surface area contributed by atoms with Crippen molar-refractivity contribution in [1.82, 2.24) is 0 Å². The molecule has 22 heavy (non-hydrogen) atoms. The van der Waals surface area contributed by atoms with Gasteiger partial charge in [0.2, 0.25) is 0 Å². The molecule has 2 heteroatoms. The van der Waals surface area contributed by atoms with Crippen LogP contribution in [0.4, 0.5) is 17.1 Å². The van der Waals surface area contributed by atoms with E-state index in [4.69, 9.17) is 5.73 Å². The number of nitrogens with two attached hydrogens (primary N) is 1. The molecule has 0 spiro atoms. The maximum Gasteiger partial charge on any atom is 0.0617 e. The van der Waals surface area contributed by atoms with Crippen molar-refractivity contribution < 1.29 is 0 Å². The Morgan fingerprint density at radius 3 is 1.73 bits per heavy atom. The fourth-order valence-electron chi connectivity index (χ4n) is 2.33. The van der Waals surface area contributed by atoms with E-state index in [1.807, 2.05) is 24.3 Å². The number of nitrogen functional groups attached to an aromatic ring is 1. The summed E-state index contributed by atoms with van der Waals surface area (Å²) in [4.78, 5) is 0. The van der Waals surface area contributed by atoms with Gasteiger partial charge in [0.25, 0.3) is 0 Å². The van der Waals surface area contributed by atoms with Gasteiger partial charge >= 0.3 is 0 Å². The second kappa shape index (κ2) is 5.68. The Bertz CT molecular complexity index is 626. The zero-order valence-corrected chi connectivity index (χ0v) is 14.6. The smallest absolute Gasteiger partial charge is 0.0617 e. The summed E-state index contributed by atoms with van der Waals surface area (Å²) in [6.07, 6.45) is 0. The van der Waals surface area contributed by atoms with Crippen LogP contribution in [-0.4, -0.2) is 0 Å². The molecule has 0 aliphatic heterocycles. The van der Waals surface area contributed by atoms with Crippen LogP contribution in [0.3, 0.4) is 0 Å². The van der Waals surface area contributed by atoms with Gasteiger partial charge in [-0.1, -0.05) is 59.7 Å². The predicted molar refractivity (Wildman–Crippen MR) is 98.0 cm³/mol. The third-order valence-corrected chi connectivity index (χ3v) is 3.90. The normalized spacial score (nSPS) is 12.3. The van der Waals surface area contributed by atoms with Crippen LogP contribution >= 0.6 is 0 Å². The molecule has 0 atom stereocenters. The van der Waals surface area contributed by atoms with E-state index < -0.39 is 0 Å². The average molecular weight is 296 g/mol. The monoisotopic (exact) mass is 296 g/mol. The highest BCUT2D eigenvalue weighted by atomic mass is 14.9. The number of rotatable bonds is 2. The molecule has 0 unspecified atom stereocenters. The molecule has 2 aromatic rings. The lowest BCUT2D eigenvalue weighted by atomic mass is 9.80.